The third-order valence-corrected chi connectivity index (χ3v) is 4.96. The Bertz CT molecular complexity index is 889. The fourth-order valence-electron chi connectivity index (χ4n) is 2.59. The normalized spacial score (nSPS) is 11.3. The Balaban J connectivity index is 1.55. The summed E-state index contributed by atoms with van der Waals surface area (Å²) in [5.74, 6) is 1.56. The van der Waals surface area contributed by atoms with Crippen LogP contribution in [0.4, 0.5) is 16.4 Å². The van der Waals surface area contributed by atoms with Gasteiger partial charge in [0.25, 0.3) is 0 Å². The van der Waals surface area contributed by atoms with Gasteiger partial charge >= 0.3 is 0 Å². The minimum atomic E-state index is -0.000785. The van der Waals surface area contributed by atoms with E-state index in [0.29, 0.717) is 17.8 Å². The molecule has 0 aliphatic heterocycles. The maximum atomic E-state index is 10.1. The number of ether oxygens (including phenoxy) is 1. The highest BCUT2D eigenvalue weighted by molar-refractivity contribution is 7.11. The van der Waals surface area contributed by atoms with Crippen LogP contribution < -0.4 is 20.7 Å². The van der Waals surface area contributed by atoms with Crippen molar-refractivity contribution in [2.24, 2.45) is 5.41 Å². The molecular weight excluding hydrogens is 384 g/mol. The quantitative estimate of drug-likeness (QED) is 0.264. The molecule has 0 radical (unpaired) electrons. The number of hydrogen-bond donors (Lipinski definition) is 4. The molecule has 0 amide bonds. The van der Waals surface area contributed by atoms with Crippen LogP contribution >= 0.6 is 11.5 Å². The summed E-state index contributed by atoms with van der Waals surface area (Å²) in [4.78, 5) is 0. The number of rotatable bonds is 9. The summed E-state index contributed by atoms with van der Waals surface area (Å²) in [6.07, 6.45) is 1.07. The molecule has 0 aliphatic rings. The predicted molar refractivity (Wildman–Crippen MR) is 121 cm³/mol. The van der Waals surface area contributed by atoms with Crippen molar-refractivity contribution in [2.75, 3.05) is 23.8 Å². The molecule has 4 N–H and O–H groups in total. The Hall–Kier alpha value is -2.77. The fraction of sp³-hybridized carbons (Fsp3) is 0.318. The number of anilines is 3. The highest BCUT2D eigenvalue weighted by Crippen LogP contribution is 2.37. The lowest BCUT2D eigenvalue weighted by Gasteiger charge is -2.18. The molecule has 0 saturated carbocycles. The molecular formula is C22H28N4O2S. The Labute approximate surface area is 176 Å². The van der Waals surface area contributed by atoms with Gasteiger partial charge in [-0.05, 0) is 66.3 Å². The van der Waals surface area contributed by atoms with Crippen LogP contribution in [0.1, 0.15) is 27.2 Å². The van der Waals surface area contributed by atoms with Crippen molar-refractivity contribution in [1.29, 1.82) is 0 Å². The summed E-state index contributed by atoms with van der Waals surface area (Å²) in [6, 6.07) is 17.3. The van der Waals surface area contributed by atoms with E-state index in [0.717, 1.165) is 35.2 Å². The molecule has 0 fully saturated rings. The molecule has 7 heteroatoms. The topological polar surface area (TPSA) is 78.4 Å². The van der Waals surface area contributed by atoms with Crippen molar-refractivity contribution >= 4 is 27.9 Å². The van der Waals surface area contributed by atoms with E-state index in [2.05, 4.69) is 41.1 Å². The molecule has 0 unspecified atom stereocenters. The van der Waals surface area contributed by atoms with Crippen molar-refractivity contribution in [2.45, 2.75) is 27.2 Å². The predicted octanol–water partition coefficient (Wildman–Crippen LogP) is 5.78. The zero-order valence-electron chi connectivity index (χ0n) is 17.0. The molecule has 3 aromatic rings. The van der Waals surface area contributed by atoms with Crippen LogP contribution in [0.25, 0.3) is 0 Å². The lowest BCUT2D eigenvalue weighted by atomic mass is 9.92. The number of para-hydroxylation sites is 1. The van der Waals surface area contributed by atoms with Gasteiger partial charge in [0, 0.05) is 5.69 Å². The summed E-state index contributed by atoms with van der Waals surface area (Å²) in [6.45, 7) is 8.11. The monoisotopic (exact) mass is 412 g/mol. The van der Waals surface area contributed by atoms with Crippen LogP contribution in [0, 0.1) is 5.41 Å². The third kappa shape index (κ3) is 6.66. The van der Waals surface area contributed by atoms with E-state index in [-0.39, 0.29) is 5.88 Å². The second-order valence-electron chi connectivity index (χ2n) is 7.94. The summed E-state index contributed by atoms with van der Waals surface area (Å²) in [7, 11) is 0. The minimum absolute atomic E-state index is 0.000785. The summed E-state index contributed by atoms with van der Waals surface area (Å²) < 4.78 is 9.86. The van der Waals surface area contributed by atoms with Crippen LogP contribution in [0.3, 0.4) is 0 Å². The van der Waals surface area contributed by atoms with Gasteiger partial charge < -0.3 is 25.8 Å². The zero-order valence-corrected chi connectivity index (χ0v) is 17.8. The van der Waals surface area contributed by atoms with Crippen LogP contribution in [0.15, 0.2) is 54.6 Å². The first kappa shape index (κ1) is 21.0. The van der Waals surface area contributed by atoms with E-state index in [9.17, 15) is 5.11 Å². The highest BCUT2D eigenvalue weighted by atomic mass is 32.1. The SMILES string of the molecule is CC(C)(C)CCNCNc1c(O)nsc1Nc1ccc(Oc2ccccc2)cc1. The van der Waals surface area contributed by atoms with Crippen molar-refractivity contribution in [3.63, 3.8) is 0 Å². The Kier molecular flexibility index (Phi) is 6.95. The molecule has 0 bridgehead atoms. The van der Waals surface area contributed by atoms with Crippen molar-refractivity contribution in [3.05, 3.63) is 54.6 Å². The van der Waals surface area contributed by atoms with Crippen molar-refractivity contribution in [3.8, 4) is 17.4 Å². The first-order valence-corrected chi connectivity index (χ1v) is 10.4. The van der Waals surface area contributed by atoms with E-state index in [1.807, 2.05) is 54.6 Å². The van der Waals surface area contributed by atoms with Gasteiger partial charge in [-0.2, -0.15) is 4.37 Å². The van der Waals surface area contributed by atoms with Crippen LogP contribution in [-0.4, -0.2) is 22.7 Å². The summed E-state index contributed by atoms with van der Waals surface area (Å²) in [5, 5.41) is 20.7. The largest absolute Gasteiger partial charge is 0.491 e. The van der Waals surface area contributed by atoms with Gasteiger partial charge in [-0.3, -0.25) is 0 Å². The second kappa shape index (κ2) is 9.62. The molecule has 2 aromatic carbocycles. The molecule has 1 heterocycles. The van der Waals surface area contributed by atoms with Crippen LogP contribution in [0.2, 0.25) is 0 Å². The molecule has 6 nitrogen and oxygen atoms in total. The number of nitrogens with zero attached hydrogens (tertiary/aromatic N) is 1. The van der Waals surface area contributed by atoms with Crippen LogP contribution in [0.5, 0.6) is 17.4 Å². The Morgan fingerprint density at radius 1 is 1.00 bits per heavy atom. The summed E-state index contributed by atoms with van der Waals surface area (Å²) in [5.41, 5.74) is 1.78. The molecule has 1 aromatic heterocycles. The van der Waals surface area contributed by atoms with Gasteiger partial charge in [-0.15, -0.1) is 0 Å². The van der Waals surface area contributed by atoms with Crippen molar-refractivity contribution in [1.82, 2.24) is 9.69 Å². The first-order chi connectivity index (χ1) is 13.9. The molecule has 0 atom stereocenters. The standard InChI is InChI=1S/C22H28N4O2S/c1-22(2,3)13-14-23-15-24-19-20(27)26-29-21(19)25-16-9-11-18(12-10-16)28-17-7-5-4-6-8-17/h4-12,23-25H,13-15H2,1-3H3,(H,26,27). The van der Waals surface area contributed by atoms with Gasteiger partial charge in [0.1, 0.15) is 22.2 Å². The minimum Gasteiger partial charge on any atom is -0.491 e. The molecule has 154 valence electrons. The molecule has 0 aliphatic carbocycles. The van der Waals surface area contributed by atoms with Crippen molar-refractivity contribution < 1.29 is 9.84 Å². The Morgan fingerprint density at radius 3 is 2.38 bits per heavy atom. The van der Waals surface area contributed by atoms with E-state index >= 15 is 0 Å². The average Bonchev–Trinajstić information content (AvgIpc) is 3.03. The maximum absolute atomic E-state index is 10.1. The lowest BCUT2D eigenvalue weighted by Crippen LogP contribution is -2.26. The number of nitrogens with one attached hydrogen (secondary N) is 3. The molecule has 0 saturated heterocycles. The highest BCUT2D eigenvalue weighted by Gasteiger charge is 2.13. The van der Waals surface area contributed by atoms with Gasteiger partial charge in [-0.25, -0.2) is 0 Å². The molecule has 29 heavy (non-hydrogen) atoms. The summed E-state index contributed by atoms with van der Waals surface area (Å²) >= 11 is 1.21. The van der Waals surface area contributed by atoms with Crippen LogP contribution in [-0.2, 0) is 0 Å². The van der Waals surface area contributed by atoms with E-state index < -0.39 is 0 Å². The molecule has 3 rings (SSSR count). The van der Waals surface area contributed by atoms with Gasteiger partial charge in [-0.1, -0.05) is 39.0 Å². The van der Waals surface area contributed by atoms with Gasteiger partial charge in [0.05, 0.1) is 6.67 Å². The zero-order chi connectivity index (χ0) is 20.7. The second-order valence-corrected chi connectivity index (χ2v) is 8.71. The fourth-order valence-corrected chi connectivity index (χ4v) is 3.28. The van der Waals surface area contributed by atoms with Gasteiger partial charge in [0.15, 0.2) is 0 Å². The Morgan fingerprint density at radius 2 is 1.69 bits per heavy atom. The van der Waals surface area contributed by atoms with E-state index in [1.165, 1.54) is 11.5 Å². The lowest BCUT2D eigenvalue weighted by molar-refractivity contribution is 0.369. The number of aromatic nitrogens is 1. The molecule has 0 spiro atoms. The van der Waals surface area contributed by atoms with E-state index in [1.54, 1.807) is 0 Å². The van der Waals surface area contributed by atoms with Gasteiger partial charge in [0.2, 0.25) is 5.88 Å². The number of hydrogen-bond acceptors (Lipinski definition) is 7. The smallest absolute Gasteiger partial charge is 0.249 e. The maximum Gasteiger partial charge on any atom is 0.249 e. The number of benzene rings is 2. The van der Waals surface area contributed by atoms with E-state index in [4.69, 9.17) is 4.74 Å². The third-order valence-electron chi connectivity index (χ3n) is 4.21. The number of aromatic hydroxyl groups is 1. The average molecular weight is 413 g/mol. The first-order valence-electron chi connectivity index (χ1n) is 9.64.